The fourth-order valence-corrected chi connectivity index (χ4v) is 2.39. The van der Waals surface area contributed by atoms with E-state index in [1.807, 2.05) is 16.7 Å². The summed E-state index contributed by atoms with van der Waals surface area (Å²) in [6, 6.07) is 7.13. The van der Waals surface area contributed by atoms with E-state index in [-0.39, 0.29) is 5.75 Å². The highest BCUT2D eigenvalue weighted by molar-refractivity contribution is 5.29. The van der Waals surface area contributed by atoms with E-state index in [2.05, 4.69) is 10.2 Å². The highest BCUT2D eigenvalue weighted by Gasteiger charge is 2.23. The summed E-state index contributed by atoms with van der Waals surface area (Å²) < 4.78 is 1.98. The summed E-state index contributed by atoms with van der Waals surface area (Å²) in [5.74, 6) is 1.76. The average Bonchev–Trinajstić information content (AvgIpc) is 2.74. The number of aliphatic hydroxyl groups is 1. The van der Waals surface area contributed by atoms with Gasteiger partial charge in [0.15, 0.2) is 5.82 Å². The zero-order valence-corrected chi connectivity index (χ0v) is 9.95. The monoisotopic (exact) mass is 245 g/mol. The van der Waals surface area contributed by atoms with Crippen LogP contribution < -0.4 is 0 Å². The summed E-state index contributed by atoms with van der Waals surface area (Å²) in [6.45, 7) is 0.855. The number of hydrogen-bond acceptors (Lipinski definition) is 4. The number of hydrogen-bond donors (Lipinski definition) is 2. The molecule has 1 unspecified atom stereocenters. The molecule has 0 saturated heterocycles. The lowest BCUT2D eigenvalue weighted by Crippen LogP contribution is -2.17. The first kappa shape index (κ1) is 11.2. The van der Waals surface area contributed by atoms with Crippen LogP contribution in [0.25, 0.3) is 0 Å². The highest BCUT2D eigenvalue weighted by Crippen LogP contribution is 2.25. The van der Waals surface area contributed by atoms with E-state index in [0.717, 1.165) is 30.8 Å². The van der Waals surface area contributed by atoms with Gasteiger partial charge in [-0.2, -0.15) is 0 Å². The highest BCUT2D eigenvalue weighted by atomic mass is 16.3. The van der Waals surface area contributed by atoms with Crippen LogP contribution in [0.2, 0.25) is 0 Å². The van der Waals surface area contributed by atoms with Crippen LogP contribution in [0.5, 0.6) is 5.75 Å². The molecule has 0 aliphatic carbocycles. The quantitative estimate of drug-likeness (QED) is 0.839. The molecule has 0 fully saturated rings. The Morgan fingerprint density at radius 3 is 3.06 bits per heavy atom. The lowest BCUT2D eigenvalue weighted by molar-refractivity contribution is 0.133. The molecule has 5 heteroatoms. The van der Waals surface area contributed by atoms with Crippen molar-refractivity contribution in [1.29, 1.82) is 0 Å². The molecule has 1 aromatic heterocycles. The molecule has 1 aliphatic rings. The summed E-state index contributed by atoms with van der Waals surface area (Å²) in [7, 11) is 0. The summed E-state index contributed by atoms with van der Waals surface area (Å²) in [5.41, 5.74) is 0.991. The van der Waals surface area contributed by atoms with Crippen molar-refractivity contribution in [2.75, 3.05) is 0 Å². The third-order valence-corrected chi connectivity index (χ3v) is 3.29. The minimum atomic E-state index is -0.496. The first-order valence-corrected chi connectivity index (χ1v) is 6.12. The number of aromatic nitrogens is 3. The van der Waals surface area contributed by atoms with Gasteiger partial charge in [-0.05, 0) is 30.5 Å². The second kappa shape index (κ2) is 4.42. The van der Waals surface area contributed by atoms with Gasteiger partial charge < -0.3 is 14.8 Å². The summed E-state index contributed by atoms with van der Waals surface area (Å²) in [4.78, 5) is 0. The maximum atomic E-state index is 9.82. The van der Waals surface area contributed by atoms with Gasteiger partial charge in [-0.1, -0.05) is 12.1 Å². The number of aromatic hydroxyl groups is 1. The summed E-state index contributed by atoms with van der Waals surface area (Å²) in [5, 5.41) is 27.5. The van der Waals surface area contributed by atoms with E-state index in [0.29, 0.717) is 12.2 Å². The molecule has 1 atom stereocenters. The number of fused-ring (bicyclic) bond motifs is 1. The molecular formula is C13H15N3O2. The average molecular weight is 245 g/mol. The van der Waals surface area contributed by atoms with Gasteiger partial charge in [0.25, 0.3) is 0 Å². The lowest BCUT2D eigenvalue weighted by atomic mass is 10.1. The number of phenolic OH excluding ortho intramolecular Hbond substituents is 1. The fourth-order valence-electron chi connectivity index (χ4n) is 2.39. The van der Waals surface area contributed by atoms with Gasteiger partial charge >= 0.3 is 0 Å². The van der Waals surface area contributed by atoms with Crippen LogP contribution in [0.4, 0.5) is 0 Å². The van der Waals surface area contributed by atoms with E-state index in [1.54, 1.807) is 12.1 Å². The molecular weight excluding hydrogens is 230 g/mol. The normalized spacial score (nSPS) is 18.6. The fraction of sp³-hybridized carbons (Fsp3) is 0.385. The van der Waals surface area contributed by atoms with Gasteiger partial charge in [-0.15, -0.1) is 10.2 Å². The van der Waals surface area contributed by atoms with E-state index < -0.39 is 6.10 Å². The minimum Gasteiger partial charge on any atom is -0.508 e. The Kier molecular flexibility index (Phi) is 2.76. The molecule has 0 amide bonds. The van der Waals surface area contributed by atoms with Crippen molar-refractivity contribution in [3.8, 4) is 5.75 Å². The lowest BCUT2D eigenvalue weighted by Gasteiger charge is -2.19. The molecule has 2 aromatic rings. The number of aliphatic hydroxyl groups excluding tert-OH is 1. The molecule has 0 saturated carbocycles. The minimum absolute atomic E-state index is 0.255. The first-order chi connectivity index (χ1) is 8.74. The molecule has 3 rings (SSSR count). The second-order valence-electron chi connectivity index (χ2n) is 4.63. The van der Waals surface area contributed by atoms with Crippen LogP contribution in [0.3, 0.4) is 0 Å². The van der Waals surface area contributed by atoms with Crippen molar-refractivity contribution in [2.45, 2.75) is 31.9 Å². The molecule has 0 spiro atoms. The third kappa shape index (κ3) is 1.97. The number of rotatable bonds is 2. The molecule has 94 valence electrons. The van der Waals surface area contributed by atoms with Crippen LogP contribution in [-0.4, -0.2) is 25.0 Å². The van der Waals surface area contributed by atoms with Gasteiger partial charge in [0.1, 0.15) is 17.7 Å². The molecule has 18 heavy (non-hydrogen) atoms. The summed E-state index contributed by atoms with van der Waals surface area (Å²) in [6.07, 6.45) is 1.82. The number of benzene rings is 1. The molecule has 1 aromatic carbocycles. The Balaban J connectivity index is 1.90. The largest absolute Gasteiger partial charge is 0.508 e. The Morgan fingerprint density at radius 1 is 1.33 bits per heavy atom. The molecule has 2 heterocycles. The Labute approximate surface area is 105 Å². The van der Waals surface area contributed by atoms with Crippen molar-refractivity contribution in [1.82, 2.24) is 14.8 Å². The molecule has 2 N–H and O–H groups in total. The van der Waals surface area contributed by atoms with Crippen LogP contribution >= 0.6 is 0 Å². The van der Waals surface area contributed by atoms with Gasteiger partial charge in [-0.3, -0.25) is 0 Å². The Bertz CT molecular complexity index is 565. The SMILES string of the molecule is Oc1cccc(Cc2nnc3n2CCCC3O)c1. The van der Waals surface area contributed by atoms with Crippen molar-refractivity contribution in [3.63, 3.8) is 0 Å². The zero-order chi connectivity index (χ0) is 12.5. The van der Waals surface area contributed by atoms with Crippen molar-refractivity contribution in [2.24, 2.45) is 0 Å². The predicted molar refractivity (Wildman–Crippen MR) is 65.1 cm³/mol. The van der Waals surface area contributed by atoms with Crippen molar-refractivity contribution < 1.29 is 10.2 Å². The van der Waals surface area contributed by atoms with Gasteiger partial charge in [-0.25, -0.2) is 0 Å². The Hall–Kier alpha value is -1.88. The van der Waals surface area contributed by atoms with Crippen LogP contribution in [-0.2, 0) is 13.0 Å². The maximum Gasteiger partial charge on any atom is 0.161 e. The van der Waals surface area contributed by atoms with E-state index in [1.165, 1.54) is 0 Å². The number of nitrogens with zero attached hydrogens (tertiary/aromatic N) is 3. The second-order valence-corrected chi connectivity index (χ2v) is 4.63. The van der Waals surface area contributed by atoms with Crippen LogP contribution in [0.1, 0.15) is 36.2 Å². The topological polar surface area (TPSA) is 71.2 Å². The van der Waals surface area contributed by atoms with Crippen molar-refractivity contribution in [3.05, 3.63) is 41.5 Å². The van der Waals surface area contributed by atoms with E-state index in [4.69, 9.17) is 0 Å². The third-order valence-electron chi connectivity index (χ3n) is 3.29. The van der Waals surface area contributed by atoms with Gasteiger partial charge in [0, 0.05) is 13.0 Å². The first-order valence-electron chi connectivity index (χ1n) is 6.12. The molecule has 1 aliphatic heterocycles. The van der Waals surface area contributed by atoms with Gasteiger partial charge in [0.2, 0.25) is 0 Å². The standard InChI is InChI=1S/C13H15N3O2/c17-10-4-1-3-9(7-10)8-12-14-15-13-11(18)5-2-6-16(12)13/h1,3-4,7,11,17-18H,2,5-6,8H2. The molecule has 0 radical (unpaired) electrons. The van der Waals surface area contributed by atoms with E-state index in [9.17, 15) is 10.2 Å². The zero-order valence-electron chi connectivity index (χ0n) is 9.95. The Morgan fingerprint density at radius 2 is 2.22 bits per heavy atom. The maximum absolute atomic E-state index is 9.82. The molecule has 0 bridgehead atoms. The van der Waals surface area contributed by atoms with Crippen LogP contribution in [0.15, 0.2) is 24.3 Å². The number of phenols is 1. The smallest absolute Gasteiger partial charge is 0.161 e. The van der Waals surface area contributed by atoms with Crippen molar-refractivity contribution >= 4 is 0 Å². The van der Waals surface area contributed by atoms with Crippen LogP contribution in [0, 0.1) is 0 Å². The summed E-state index contributed by atoms with van der Waals surface area (Å²) >= 11 is 0. The molecule has 5 nitrogen and oxygen atoms in total. The predicted octanol–water partition coefficient (Wildman–Crippen LogP) is 1.40. The van der Waals surface area contributed by atoms with Gasteiger partial charge in [0.05, 0.1) is 0 Å². The van der Waals surface area contributed by atoms with E-state index >= 15 is 0 Å².